The van der Waals surface area contributed by atoms with E-state index >= 15 is 0 Å². The molecule has 122 valence electrons. The van der Waals surface area contributed by atoms with E-state index < -0.39 is 27.5 Å². The highest BCUT2D eigenvalue weighted by molar-refractivity contribution is 7.88. The van der Waals surface area contributed by atoms with Crippen LogP contribution in [-0.4, -0.2) is 39.9 Å². The molecule has 0 aliphatic rings. The van der Waals surface area contributed by atoms with E-state index in [2.05, 4.69) is 5.32 Å². The van der Waals surface area contributed by atoms with Gasteiger partial charge >= 0.3 is 6.18 Å². The second kappa shape index (κ2) is 7.98. The van der Waals surface area contributed by atoms with Gasteiger partial charge in [-0.15, -0.1) is 12.4 Å². The van der Waals surface area contributed by atoms with Crippen LogP contribution in [0, 0.1) is 0 Å². The number of hydrogen-bond acceptors (Lipinski definition) is 3. The van der Waals surface area contributed by atoms with Gasteiger partial charge in [0.2, 0.25) is 10.0 Å². The minimum absolute atomic E-state index is 0. The molecule has 0 fully saturated rings. The minimum Gasteiger partial charge on any atom is -0.318 e. The van der Waals surface area contributed by atoms with E-state index in [0.717, 1.165) is 10.4 Å². The molecule has 21 heavy (non-hydrogen) atoms. The van der Waals surface area contributed by atoms with Crippen LogP contribution < -0.4 is 5.32 Å². The van der Waals surface area contributed by atoms with Crippen LogP contribution in [0.3, 0.4) is 0 Å². The number of nitrogens with zero attached hydrogens (tertiary/aromatic N) is 1. The van der Waals surface area contributed by atoms with Crippen LogP contribution in [0.5, 0.6) is 0 Å². The Morgan fingerprint density at radius 3 is 2.33 bits per heavy atom. The predicted molar refractivity (Wildman–Crippen MR) is 77.9 cm³/mol. The van der Waals surface area contributed by atoms with Gasteiger partial charge in [-0.2, -0.15) is 13.2 Å². The van der Waals surface area contributed by atoms with Crippen LogP contribution in [0.2, 0.25) is 0 Å². The third-order valence-electron chi connectivity index (χ3n) is 2.81. The van der Waals surface area contributed by atoms with Gasteiger partial charge in [-0.3, -0.25) is 0 Å². The van der Waals surface area contributed by atoms with Crippen LogP contribution in [-0.2, 0) is 22.0 Å². The summed E-state index contributed by atoms with van der Waals surface area (Å²) in [4.78, 5) is 0. The van der Waals surface area contributed by atoms with E-state index in [9.17, 15) is 21.6 Å². The fourth-order valence-electron chi connectivity index (χ4n) is 1.64. The monoisotopic (exact) mass is 346 g/mol. The highest BCUT2D eigenvalue weighted by Gasteiger charge is 2.34. The molecule has 0 amide bonds. The number of rotatable bonds is 6. The standard InChI is InChI=1S/C12H17F3N2O2S.ClH/c1-16-7-8-17(2)20(18,19)9-10-5-3-4-6-11(10)12(13,14)15;/h3-6,16H,7-9H2,1-2H3;1H. The van der Waals surface area contributed by atoms with Gasteiger partial charge in [0.1, 0.15) is 0 Å². The molecular formula is C12H18ClF3N2O2S. The highest BCUT2D eigenvalue weighted by atomic mass is 35.5. The average Bonchev–Trinajstić information content (AvgIpc) is 2.34. The third kappa shape index (κ3) is 5.82. The summed E-state index contributed by atoms with van der Waals surface area (Å²) in [6, 6.07) is 4.71. The van der Waals surface area contributed by atoms with Crippen LogP contribution in [0.25, 0.3) is 0 Å². The number of benzene rings is 1. The molecule has 0 aliphatic heterocycles. The smallest absolute Gasteiger partial charge is 0.318 e. The van der Waals surface area contributed by atoms with Gasteiger partial charge in [0.25, 0.3) is 0 Å². The van der Waals surface area contributed by atoms with E-state index in [1.807, 2.05) is 0 Å². The van der Waals surface area contributed by atoms with Crippen molar-refractivity contribution in [1.29, 1.82) is 0 Å². The van der Waals surface area contributed by atoms with Crippen molar-refractivity contribution in [2.45, 2.75) is 11.9 Å². The molecule has 0 radical (unpaired) electrons. The lowest BCUT2D eigenvalue weighted by molar-refractivity contribution is -0.138. The van der Waals surface area contributed by atoms with Crippen molar-refractivity contribution < 1.29 is 21.6 Å². The van der Waals surface area contributed by atoms with Crippen molar-refractivity contribution in [3.05, 3.63) is 35.4 Å². The number of halogens is 4. The average molecular weight is 347 g/mol. The third-order valence-corrected chi connectivity index (χ3v) is 4.62. The SMILES string of the molecule is CNCCN(C)S(=O)(=O)Cc1ccccc1C(F)(F)F.Cl. The molecule has 9 heteroatoms. The second-order valence-corrected chi connectivity index (χ2v) is 6.41. The molecule has 0 saturated heterocycles. The van der Waals surface area contributed by atoms with Crippen molar-refractivity contribution >= 4 is 22.4 Å². The maximum Gasteiger partial charge on any atom is 0.416 e. The zero-order valence-corrected chi connectivity index (χ0v) is 13.3. The summed E-state index contributed by atoms with van der Waals surface area (Å²) in [6.07, 6.45) is -4.56. The Labute approximate surface area is 128 Å². The molecule has 0 heterocycles. The molecule has 4 nitrogen and oxygen atoms in total. The largest absolute Gasteiger partial charge is 0.416 e. The number of nitrogens with one attached hydrogen (secondary N) is 1. The second-order valence-electron chi connectivity index (χ2n) is 4.34. The normalized spacial score (nSPS) is 12.3. The van der Waals surface area contributed by atoms with E-state index in [0.29, 0.717) is 6.54 Å². The maximum atomic E-state index is 12.8. The van der Waals surface area contributed by atoms with Crippen molar-refractivity contribution in [2.24, 2.45) is 0 Å². The summed E-state index contributed by atoms with van der Waals surface area (Å²) in [5.74, 6) is -0.664. The summed E-state index contributed by atoms with van der Waals surface area (Å²) in [5.41, 5.74) is -1.15. The van der Waals surface area contributed by atoms with Gasteiger partial charge in [0, 0.05) is 20.1 Å². The van der Waals surface area contributed by atoms with Gasteiger partial charge in [0.05, 0.1) is 11.3 Å². The van der Waals surface area contributed by atoms with Gasteiger partial charge in [0.15, 0.2) is 0 Å². The van der Waals surface area contributed by atoms with Crippen LogP contribution in [0.4, 0.5) is 13.2 Å². The van der Waals surface area contributed by atoms with Gasteiger partial charge in [-0.1, -0.05) is 18.2 Å². The Morgan fingerprint density at radius 2 is 1.81 bits per heavy atom. The fourth-order valence-corrected chi connectivity index (χ4v) is 2.87. The zero-order chi connectivity index (χ0) is 15.4. The maximum absolute atomic E-state index is 12.8. The summed E-state index contributed by atoms with van der Waals surface area (Å²) in [7, 11) is -0.759. The van der Waals surface area contributed by atoms with Crippen LogP contribution in [0.1, 0.15) is 11.1 Å². The minimum atomic E-state index is -4.56. The molecule has 0 spiro atoms. The summed E-state index contributed by atoms with van der Waals surface area (Å²) in [6.45, 7) is 0.629. The van der Waals surface area contributed by atoms with E-state index in [4.69, 9.17) is 0 Å². The molecule has 0 aromatic heterocycles. The molecule has 1 aromatic rings. The van der Waals surface area contributed by atoms with Crippen molar-refractivity contribution in [3.63, 3.8) is 0 Å². The van der Waals surface area contributed by atoms with E-state index in [1.54, 1.807) is 7.05 Å². The number of sulfonamides is 1. The number of hydrogen-bond donors (Lipinski definition) is 1. The molecule has 1 N–H and O–H groups in total. The van der Waals surface area contributed by atoms with Crippen LogP contribution >= 0.6 is 12.4 Å². The predicted octanol–water partition coefficient (Wildman–Crippen LogP) is 2.11. The first kappa shape index (κ1) is 20.2. The van der Waals surface area contributed by atoms with Gasteiger partial charge in [-0.05, 0) is 18.7 Å². The first-order chi connectivity index (χ1) is 9.18. The van der Waals surface area contributed by atoms with E-state index in [1.165, 1.54) is 25.2 Å². The summed E-state index contributed by atoms with van der Waals surface area (Å²) in [5, 5.41) is 2.78. The van der Waals surface area contributed by atoms with Crippen molar-refractivity contribution in [1.82, 2.24) is 9.62 Å². The number of likely N-dealkylation sites (N-methyl/N-ethyl adjacent to an activating group) is 2. The summed E-state index contributed by atoms with van der Waals surface area (Å²) >= 11 is 0. The Kier molecular flexibility index (Phi) is 7.66. The lowest BCUT2D eigenvalue weighted by Gasteiger charge is -2.18. The summed E-state index contributed by atoms with van der Waals surface area (Å²) < 4.78 is 63.5. The lowest BCUT2D eigenvalue weighted by Crippen LogP contribution is -2.34. The molecule has 0 atom stereocenters. The molecule has 0 unspecified atom stereocenters. The molecule has 0 bridgehead atoms. The topological polar surface area (TPSA) is 49.4 Å². The Bertz CT molecular complexity index is 550. The lowest BCUT2D eigenvalue weighted by atomic mass is 10.1. The quantitative estimate of drug-likeness (QED) is 0.858. The first-order valence-electron chi connectivity index (χ1n) is 5.92. The molecule has 1 rings (SSSR count). The molecule has 0 saturated carbocycles. The molecular weight excluding hydrogens is 329 g/mol. The van der Waals surface area contributed by atoms with Crippen molar-refractivity contribution in [3.8, 4) is 0 Å². The fraction of sp³-hybridized carbons (Fsp3) is 0.500. The molecule has 1 aromatic carbocycles. The zero-order valence-electron chi connectivity index (χ0n) is 11.6. The highest BCUT2D eigenvalue weighted by Crippen LogP contribution is 2.32. The van der Waals surface area contributed by atoms with Gasteiger partial charge in [-0.25, -0.2) is 12.7 Å². The van der Waals surface area contributed by atoms with Crippen molar-refractivity contribution in [2.75, 3.05) is 27.2 Å². The molecule has 0 aliphatic carbocycles. The Morgan fingerprint density at radius 1 is 1.24 bits per heavy atom. The van der Waals surface area contributed by atoms with Gasteiger partial charge < -0.3 is 5.32 Å². The van der Waals surface area contributed by atoms with Crippen LogP contribution in [0.15, 0.2) is 24.3 Å². The number of alkyl halides is 3. The first-order valence-corrected chi connectivity index (χ1v) is 7.53. The Hall–Kier alpha value is -0.830. The van der Waals surface area contributed by atoms with E-state index in [-0.39, 0.29) is 24.5 Å². The Balaban J connectivity index is 0.00000400.